The highest BCUT2D eigenvalue weighted by atomic mass is 16.4. The van der Waals surface area contributed by atoms with Gasteiger partial charge in [0.2, 0.25) is 5.91 Å². The van der Waals surface area contributed by atoms with Crippen molar-refractivity contribution in [1.82, 2.24) is 10.2 Å². The van der Waals surface area contributed by atoms with E-state index in [1.54, 1.807) is 24.1 Å². The molecule has 2 rings (SSSR count). The molecule has 1 saturated heterocycles. The molecule has 2 amide bonds. The highest BCUT2D eigenvalue weighted by Crippen LogP contribution is 2.13. The molecule has 1 atom stereocenters. The lowest BCUT2D eigenvalue weighted by Crippen LogP contribution is -2.48. The van der Waals surface area contributed by atoms with E-state index in [2.05, 4.69) is 5.32 Å². The van der Waals surface area contributed by atoms with E-state index >= 15 is 0 Å². The van der Waals surface area contributed by atoms with E-state index in [1.807, 2.05) is 0 Å². The summed E-state index contributed by atoms with van der Waals surface area (Å²) in [5, 5.41) is 11.8. The first-order valence-electron chi connectivity index (χ1n) is 6.36. The van der Waals surface area contributed by atoms with Crippen LogP contribution in [0.25, 0.3) is 0 Å². The molecule has 0 saturated carbocycles. The van der Waals surface area contributed by atoms with Gasteiger partial charge in [0.05, 0.1) is 11.1 Å². The fourth-order valence-corrected chi connectivity index (χ4v) is 2.26. The second-order valence-corrected chi connectivity index (χ2v) is 4.83. The summed E-state index contributed by atoms with van der Waals surface area (Å²) in [4.78, 5) is 36.2. The molecule has 1 aliphatic rings. The van der Waals surface area contributed by atoms with Crippen molar-refractivity contribution < 1.29 is 19.5 Å². The molecule has 1 fully saturated rings. The lowest BCUT2D eigenvalue weighted by molar-refractivity contribution is -0.132. The van der Waals surface area contributed by atoms with Crippen molar-refractivity contribution in [1.29, 1.82) is 0 Å². The van der Waals surface area contributed by atoms with Crippen molar-refractivity contribution in [2.45, 2.75) is 18.9 Å². The van der Waals surface area contributed by atoms with Gasteiger partial charge in [-0.05, 0) is 18.6 Å². The number of carboxylic acid groups (broad SMARTS) is 1. The zero-order chi connectivity index (χ0) is 14.7. The Morgan fingerprint density at radius 1 is 1.30 bits per heavy atom. The molecule has 0 radical (unpaired) electrons. The maximum Gasteiger partial charge on any atom is 0.336 e. The Morgan fingerprint density at radius 2 is 1.95 bits per heavy atom. The summed E-state index contributed by atoms with van der Waals surface area (Å²) in [6.45, 7) is 0.444. The molecule has 0 aromatic heterocycles. The summed E-state index contributed by atoms with van der Waals surface area (Å²) in [7, 11) is 1.69. The number of nitrogens with zero attached hydrogens (tertiary/aromatic N) is 1. The topological polar surface area (TPSA) is 86.7 Å². The zero-order valence-corrected chi connectivity index (χ0v) is 11.1. The van der Waals surface area contributed by atoms with Crippen LogP contribution in [0.1, 0.15) is 33.6 Å². The zero-order valence-electron chi connectivity index (χ0n) is 11.1. The third-order valence-electron chi connectivity index (χ3n) is 3.36. The number of carbonyl (C=O) groups excluding carboxylic acids is 2. The Morgan fingerprint density at radius 3 is 2.55 bits per heavy atom. The predicted molar refractivity (Wildman–Crippen MR) is 71.5 cm³/mol. The highest BCUT2D eigenvalue weighted by Gasteiger charge is 2.25. The lowest BCUT2D eigenvalue weighted by Gasteiger charge is -2.30. The minimum atomic E-state index is -1.13. The molecule has 6 nitrogen and oxygen atoms in total. The first-order chi connectivity index (χ1) is 9.49. The molecule has 1 heterocycles. The molecule has 20 heavy (non-hydrogen) atoms. The van der Waals surface area contributed by atoms with E-state index in [0.29, 0.717) is 19.4 Å². The van der Waals surface area contributed by atoms with Crippen LogP contribution in [0.5, 0.6) is 0 Å². The number of carbonyl (C=O) groups is 3. The molecule has 0 bridgehead atoms. The van der Waals surface area contributed by atoms with Crippen molar-refractivity contribution in [2.75, 3.05) is 13.6 Å². The summed E-state index contributed by atoms with van der Waals surface area (Å²) in [5.74, 6) is -1.50. The molecule has 106 valence electrons. The molecule has 1 aromatic rings. The maximum atomic E-state index is 12.1. The van der Waals surface area contributed by atoms with E-state index < -0.39 is 11.9 Å². The Bertz CT molecular complexity index is 556. The van der Waals surface area contributed by atoms with Gasteiger partial charge >= 0.3 is 5.97 Å². The van der Waals surface area contributed by atoms with Gasteiger partial charge in [0.1, 0.15) is 0 Å². The average Bonchev–Trinajstić information content (AvgIpc) is 2.43. The quantitative estimate of drug-likeness (QED) is 0.852. The summed E-state index contributed by atoms with van der Waals surface area (Å²) in [5.41, 5.74) is 0.116. The van der Waals surface area contributed by atoms with E-state index in [-0.39, 0.29) is 23.1 Å². The van der Waals surface area contributed by atoms with Crippen LogP contribution in [0.2, 0.25) is 0 Å². The lowest BCUT2D eigenvalue weighted by atomic mass is 10.0. The Hall–Kier alpha value is -2.37. The average molecular weight is 276 g/mol. The van der Waals surface area contributed by atoms with Crippen LogP contribution in [0.3, 0.4) is 0 Å². The largest absolute Gasteiger partial charge is 0.478 e. The summed E-state index contributed by atoms with van der Waals surface area (Å²) >= 11 is 0. The molecule has 0 aliphatic carbocycles. The van der Waals surface area contributed by atoms with Crippen molar-refractivity contribution in [3.05, 3.63) is 35.4 Å². The van der Waals surface area contributed by atoms with Gasteiger partial charge < -0.3 is 15.3 Å². The maximum absolute atomic E-state index is 12.1. The third kappa shape index (κ3) is 2.96. The van der Waals surface area contributed by atoms with Gasteiger partial charge in [0, 0.05) is 26.1 Å². The van der Waals surface area contributed by atoms with Crippen molar-refractivity contribution in [3.8, 4) is 0 Å². The van der Waals surface area contributed by atoms with Crippen LogP contribution in [-0.4, -0.2) is 47.4 Å². The minimum absolute atomic E-state index is 0.0229. The molecular weight excluding hydrogens is 260 g/mol. The predicted octanol–water partition coefficient (Wildman–Crippen LogP) is 0.735. The van der Waals surface area contributed by atoms with Gasteiger partial charge in [-0.1, -0.05) is 12.1 Å². The molecule has 6 heteroatoms. The van der Waals surface area contributed by atoms with Crippen molar-refractivity contribution >= 4 is 17.8 Å². The Kier molecular flexibility index (Phi) is 4.02. The number of aromatic carboxylic acids is 1. The number of amides is 2. The number of rotatable bonds is 3. The first kappa shape index (κ1) is 14.0. The van der Waals surface area contributed by atoms with Crippen LogP contribution < -0.4 is 5.32 Å². The van der Waals surface area contributed by atoms with E-state index in [1.165, 1.54) is 12.1 Å². The molecular formula is C14H16N2O4. The number of piperidine rings is 1. The SMILES string of the molecule is CN1CC(NC(=O)c2ccccc2C(=O)O)CCC1=O. The fraction of sp³-hybridized carbons (Fsp3) is 0.357. The Balaban J connectivity index is 2.09. The van der Waals surface area contributed by atoms with Gasteiger partial charge in [-0.15, -0.1) is 0 Å². The number of benzene rings is 1. The Labute approximate surface area is 116 Å². The van der Waals surface area contributed by atoms with Gasteiger partial charge in [0.25, 0.3) is 5.91 Å². The van der Waals surface area contributed by atoms with E-state index in [4.69, 9.17) is 5.11 Å². The third-order valence-corrected chi connectivity index (χ3v) is 3.36. The van der Waals surface area contributed by atoms with Gasteiger partial charge in [-0.3, -0.25) is 9.59 Å². The van der Waals surface area contributed by atoms with Crippen LogP contribution in [0.4, 0.5) is 0 Å². The second kappa shape index (κ2) is 5.73. The minimum Gasteiger partial charge on any atom is -0.478 e. The summed E-state index contributed by atoms with van der Waals surface area (Å²) in [6, 6.07) is 5.93. The number of likely N-dealkylation sites (tertiary alicyclic amines) is 1. The van der Waals surface area contributed by atoms with Crippen LogP contribution in [0, 0.1) is 0 Å². The second-order valence-electron chi connectivity index (χ2n) is 4.83. The first-order valence-corrected chi connectivity index (χ1v) is 6.36. The molecule has 1 unspecified atom stereocenters. The van der Waals surface area contributed by atoms with Crippen LogP contribution in [0.15, 0.2) is 24.3 Å². The molecule has 2 N–H and O–H groups in total. The number of hydrogen-bond donors (Lipinski definition) is 2. The van der Waals surface area contributed by atoms with Gasteiger partial charge in [-0.25, -0.2) is 4.79 Å². The summed E-state index contributed by atoms with van der Waals surface area (Å²) in [6.07, 6.45) is 0.964. The number of carboxylic acids is 1. The molecule has 1 aromatic carbocycles. The van der Waals surface area contributed by atoms with Crippen molar-refractivity contribution in [3.63, 3.8) is 0 Å². The highest BCUT2D eigenvalue weighted by molar-refractivity contribution is 6.04. The van der Waals surface area contributed by atoms with Crippen LogP contribution in [-0.2, 0) is 4.79 Å². The molecule has 1 aliphatic heterocycles. The number of likely N-dealkylation sites (N-methyl/N-ethyl adjacent to an activating group) is 1. The van der Waals surface area contributed by atoms with E-state index in [0.717, 1.165) is 0 Å². The number of nitrogens with one attached hydrogen (secondary N) is 1. The van der Waals surface area contributed by atoms with E-state index in [9.17, 15) is 14.4 Å². The normalized spacial score (nSPS) is 18.8. The molecule has 0 spiro atoms. The standard InChI is InChI=1S/C14H16N2O4/c1-16-8-9(6-7-12(16)17)15-13(18)10-4-2-3-5-11(10)14(19)20/h2-5,9H,6-8H2,1H3,(H,15,18)(H,19,20). The van der Waals surface area contributed by atoms with Crippen molar-refractivity contribution in [2.24, 2.45) is 0 Å². The number of hydrogen-bond acceptors (Lipinski definition) is 3. The summed E-state index contributed by atoms with van der Waals surface area (Å²) < 4.78 is 0. The smallest absolute Gasteiger partial charge is 0.336 e. The van der Waals surface area contributed by atoms with Gasteiger partial charge in [-0.2, -0.15) is 0 Å². The fourth-order valence-electron chi connectivity index (χ4n) is 2.26. The van der Waals surface area contributed by atoms with Crippen LogP contribution >= 0.6 is 0 Å². The monoisotopic (exact) mass is 276 g/mol. The van der Waals surface area contributed by atoms with Gasteiger partial charge in [0.15, 0.2) is 0 Å².